The van der Waals surface area contributed by atoms with Crippen molar-refractivity contribution in [1.29, 1.82) is 0 Å². The van der Waals surface area contributed by atoms with Gasteiger partial charge in [-0.1, -0.05) is 38.8 Å². The van der Waals surface area contributed by atoms with E-state index >= 15 is 0 Å². The van der Waals surface area contributed by atoms with Crippen molar-refractivity contribution in [3.8, 4) is 5.69 Å². The van der Waals surface area contributed by atoms with Gasteiger partial charge in [0.15, 0.2) is 0 Å². The minimum absolute atomic E-state index is 1.09. The Morgan fingerprint density at radius 2 is 1.62 bits per heavy atom. The Morgan fingerprint density at radius 1 is 0.952 bits per heavy atom. The maximum atomic E-state index is 4.08. The molecule has 3 heteroatoms. The van der Waals surface area contributed by atoms with Gasteiger partial charge in [-0.3, -0.25) is 4.90 Å². The second-order valence-electron chi connectivity index (χ2n) is 5.33. The molecule has 3 rings (SSSR count). The molecule has 114 valence electrons. The van der Waals surface area contributed by atoms with Crippen LogP contribution >= 0.6 is 0 Å². The van der Waals surface area contributed by atoms with Gasteiger partial charge in [0.2, 0.25) is 0 Å². The second kappa shape index (κ2) is 8.63. The van der Waals surface area contributed by atoms with E-state index in [4.69, 9.17) is 0 Å². The Balaban J connectivity index is 0.000000774. The Bertz CT molecular complexity index is 480. The quantitative estimate of drug-likeness (QED) is 0.839. The van der Waals surface area contributed by atoms with Crippen molar-refractivity contribution in [3.63, 3.8) is 0 Å². The smallest absolute Gasteiger partial charge is 0.0991 e. The summed E-state index contributed by atoms with van der Waals surface area (Å²) in [5.41, 5.74) is 2.59. The maximum Gasteiger partial charge on any atom is 0.0991 e. The van der Waals surface area contributed by atoms with E-state index in [9.17, 15) is 0 Å². The summed E-state index contributed by atoms with van der Waals surface area (Å²) in [7, 11) is 0. The molecule has 1 aromatic heterocycles. The molecule has 0 amide bonds. The van der Waals surface area contributed by atoms with E-state index < -0.39 is 0 Å². The molecule has 0 atom stereocenters. The molecule has 21 heavy (non-hydrogen) atoms. The van der Waals surface area contributed by atoms with Gasteiger partial charge in [-0.2, -0.15) is 0 Å². The van der Waals surface area contributed by atoms with Gasteiger partial charge in [0.05, 0.1) is 6.33 Å². The summed E-state index contributed by atoms with van der Waals surface area (Å²) in [6.45, 7) is 7.59. The Morgan fingerprint density at radius 3 is 2.19 bits per heavy atom. The highest BCUT2D eigenvalue weighted by molar-refractivity contribution is 5.34. The first-order valence-corrected chi connectivity index (χ1v) is 8.21. The van der Waals surface area contributed by atoms with Crippen LogP contribution in [-0.2, 0) is 6.54 Å². The molecule has 0 N–H and O–H groups in total. The van der Waals surface area contributed by atoms with Gasteiger partial charge in [-0.15, -0.1) is 0 Å². The normalized spacial score (nSPS) is 15.9. The third-order valence-electron chi connectivity index (χ3n) is 3.84. The summed E-state index contributed by atoms with van der Waals surface area (Å²) in [6.07, 6.45) is 11.1. The van der Waals surface area contributed by atoms with Crippen LogP contribution in [0.2, 0.25) is 0 Å². The third kappa shape index (κ3) is 4.71. The molecule has 2 heterocycles. The number of hydrogen-bond acceptors (Lipinski definition) is 2. The first-order chi connectivity index (χ1) is 10.4. The third-order valence-corrected chi connectivity index (χ3v) is 3.84. The first-order valence-electron chi connectivity index (χ1n) is 8.21. The number of imidazole rings is 1. The number of rotatable bonds is 3. The minimum atomic E-state index is 1.09. The van der Waals surface area contributed by atoms with Crippen LogP contribution in [0.4, 0.5) is 0 Å². The molecule has 1 fully saturated rings. The summed E-state index contributed by atoms with van der Waals surface area (Å²) < 4.78 is 2.04. The summed E-state index contributed by atoms with van der Waals surface area (Å²) >= 11 is 0. The lowest BCUT2D eigenvalue weighted by Gasteiger charge is -2.19. The molecule has 0 radical (unpaired) electrons. The number of likely N-dealkylation sites (tertiary alicyclic amines) is 1. The van der Waals surface area contributed by atoms with E-state index in [-0.39, 0.29) is 0 Å². The SMILES string of the molecule is CC.c1cn(-c2ccc(CN3CCCCCC3)cc2)cn1. The molecule has 1 aliphatic rings. The highest BCUT2D eigenvalue weighted by Crippen LogP contribution is 2.15. The van der Waals surface area contributed by atoms with Crippen molar-refractivity contribution in [2.24, 2.45) is 0 Å². The molecule has 0 unspecified atom stereocenters. The van der Waals surface area contributed by atoms with Gasteiger partial charge in [-0.05, 0) is 43.6 Å². The molecule has 0 saturated carbocycles. The van der Waals surface area contributed by atoms with Gasteiger partial charge in [0.1, 0.15) is 0 Å². The van der Waals surface area contributed by atoms with Crippen molar-refractivity contribution >= 4 is 0 Å². The summed E-state index contributed by atoms with van der Waals surface area (Å²) in [4.78, 5) is 6.66. The molecule has 3 nitrogen and oxygen atoms in total. The minimum Gasteiger partial charge on any atom is -0.306 e. The molecule has 0 spiro atoms. The molecular weight excluding hydrogens is 258 g/mol. The standard InChI is InChI=1S/C16H21N3.C2H6/c1-2-4-11-18(10-3-1)13-15-5-7-16(8-6-15)19-12-9-17-14-19;1-2/h5-9,12,14H,1-4,10-11,13H2;1-2H3. The Labute approximate surface area is 128 Å². The summed E-state index contributed by atoms with van der Waals surface area (Å²) in [6, 6.07) is 8.82. The zero-order chi connectivity index (χ0) is 14.9. The highest BCUT2D eigenvalue weighted by Gasteiger charge is 2.09. The number of benzene rings is 1. The van der Waals surface area contributed by atoms with E-state index in [2.05, 4.69) is 34.1 Å². The summed E-state index contributed by atoms with van der Waals surface area (Å²) in [5.74, 6) is 0. The van der Waals surface area contributed by atoms with Gasteiger partial charge < -0.3 is 4.57 Å². The van der Waals surface area contributed by atoms with Gasteiger partial charge in [0.25, 0.3) is 0 Å². The average Bonchev–Trinajstić information content (AvgIpc) is 2.96. The van der Waals surface area contributed by atoms with Gasteiger partial charge >= 0.3 is 0 Å². The van der Waals surface area contributed by atoms with Crippen molar-refractivity contribution in [3.05, 3.63) is 48.5 Å². The van der Waals surface area contributed by atoms with E-state index in [1.165, 1.54) is 50.0 Å². The molecule has 1 saturated heterocycles. The van der Waals surface area contributed by atoms with Crippen LogP contribution in [0.15, 0.2) is 43.0 Å². The van der Waals surface area contributed by atoms with Crippen molar-refractivity contribution < 1.29 is 0 Å². The monoisotopic (exact) mass is 285 g/mol. The number of hydrogen-bond donors (Lipinski definition) is 0. The van der Waals surface area contributed by atoms with E-state index in [0.29, 0.717) is 0 Å². The lowest BCUT2D eigenvalue weighted by Crippen LogP contribution is -2.23. The van der Waals surface area contributed by atoms with Crippen LogP contribution < -0.4 is 0 Å². The molecule has 0 aliphatic carbocycles. The van der Waals surface area contributed by atoms with E-state index in [0.717, 1.165) is 6.54 Å². The van der Waals surface area contributed by atoms with Crippen LogP contribution in [0.25, 0.3) is 5.69 Å². The fourth-order valence-corrected chi connectivity index (χ4v) is 2.74. The van der Waals surface area contributed by atoms with Crippen LogP contribution in [0.3, 0.4) is 0 Å². The predicted octanol–water partition coefficient (Wildman–Crippen LogP) is 4.27. The molecule has 0 bridgehead atoms. The topological polar surface area (TPSA) is 21.1 Å². The van der Waals surface area contributed by atoms with Gasteiger partial charge in [0, 0.05) is 24.6 Å². The Hall–Kier alpha value is -1.61. The van der Waals surface area contributed by atoms with Crippen LogP contribution in [0.5, 0.6) is 0 Å². The van der Waals surface area contributed by atoms with Crippen LogP contribution in [0, 0.1) is 0 Å². The molecule has 1 aromatic carbocycles. The summed E-state index contributed by atoms with van der Waals surface area (Å²) in [5, 5.41) is 0. The number of nitrogens with zero attached hydrogens (tertiary/aromatic N) is 3. The zero-order valence-corrected chi connectivity index (χ0v) is 13.3. The van der Waals surface area contributed by atoms with Crippen LogP contribution in [0.1, 0.15) is 45.1 Å². The fraction of sp³-hybridized carbons (Fsp3) is 0.500. The zero-order valence-electron chi connectivity index (χ0n) is 13.3. The maximum absolute atomic E-state index is 4.08. The Kier molecular flexibility index (Phi) is 6.48. The largest absolute Gasteiger partial charge is 0.306 e. The lowest BCUT2D eigenvalue weighted by molar-refractivity contribution is 0.277. The first kappa shape index (κ1) is 15.8. The lowest BCUT2D eigenvalue weighted by atomic mass is 10.2. The second-order valence-corrected chi connectivity index (χ2v) is 5.33. The van der Waals surface area contributed by atoms with Gasteiger partial charge in [-0.25, -0.2) is 4.98 Å². The average molecular weight is 285 g/mol. The highest BCUT2D eigenvalue weighted by atomic mass is 15.1. The molecule has 1 aliphatic heterocycles. The van der Waals surface area contributed by atoms with E-state index in [1.54, 1.807) is 0 Å². The predicted molar refractivity (Wildman–Crippen MR) is 88.7 cm³/mol. The number of aromatic nitrogens is 2. The van der Waals surface area contributed by atoms with Crippen molar-refractivity contribution in [2.75, 3.05) is 13.1 Å². The molecular formula is C18H27N3. The van der Waals surface area contributed by atoms with E-state index in [1.807, 2.05) is 37.1 Å². The fourth-order valence-electron chi connectivity index (χ4n) is 2.74. The van der Waals surface area contributed by atoms with Crippen molar-refractivity contribution in [1.82, 2.24) is 14.5 Å². The van der Waals surface area contributed by atoms with Crippen LogP contribution in [-0.4, -0.2) is 27.5 Å². The van der Waals surface area contributed by atoms with Crippen molar-refractivity contribution in [2.45, 2.75) is 46.1 Å². The molecule has 2 aromatic rings.